The van der Waals surface area contributed by atoms with Crippen LogP contribution in [-0.2, 0) is 7.05 Å². The third-order valence-electron chi connectivity index (χ3n) is 5.48. The summed E-state index contributed by atoms with van der Waals surface area (Å²) in [4.78, 5) is 24.5. The summed E-state index contributed by atoms with van der Waals surface area (Å²) in [5.41, 5.74) is 2.55. The molecule has 0 spiro atoms. The minimum Gasteiger partial charge on any atom is -0.246 e. The van der Waals surface area contributed by atoms with E-state index in [1.54, 1.807) is 16.4 Å². The standard InChI is InChI=1S/C14H19N3O2/c1-7-11-9-4-5-10(6-9)12(11)8(2)17-14(19)15(3)13(18)16(7)17/h7-10H,4-6H2,1-3H3/t7-,8+,9-,10-/m1/s1. The van der Waals surface area contributed by atoms with Crippen LogP contribution in [-0.4, -0.2) is 13.9 Å². The Hall–Kier alpha value is -1.52. The first-order valence-electron chi connectivity index (χ1n) is 7.16. The summed E-state index contributed by atoms with van der Waals surface area (Å²) in [6.07, 6.45) is 3.75. The molecule has 0 radical (unpaired) electrons. The molecule has 2 bridgehead atoms. The highest BCUT2D eigenvalue weighted by Crippen LogP contribution is 2.56. The molecule has 1 fully saturated rings. The predicted octanol–water partition coefficient (Wildman–Crippen LogP) is 1.21. The summed E-state index contributed by atoms with van der Waals surface area (Å²) in [5, 5.41) is 0. The van der Waals surface area contributed by atoms with E-state index in [2.05, 4.69) is 13.8 Å². The van der Waals surface area contributed by atoms with Crippen molar-refractivity contribution >= 4 is 0 Å². The maximum Gasteiger partial charge on any atom is 0.347 e. The van der Waals surface area contributed by atoms with Crippen molar-refractivity contribution in [1.29, 1.82) is 0 Å². The van der Waals surface area contributed by atoms with Crippen molar-refractivity contribution in [1.82, 2.24) is 13.9 Å². The van der Waals surface area contributed by atoms with Gasteiger partial charge < -0.3 is 0 Å². The molecule has 102 valence electrons. The van der Waals surface area contributed by atoms with Gasteiger partial charge in [-0.3, -0.25) is 0 Å². The van der Waals surface area contributed by atoms with Gasteiger partial charge in [0.1, 0.15) is 0 Å². The van der Waals surface area contributed by atoms with Crippen LogP contribution in [0, 0.1) is 11.8 Å². The number of fused-ring (bicyclic) bond motifs is 5. The Morgan fingerprint density at radius 2 is 1.32 bits per heavy atom. The number of nitrogens with zero attached hydrogens (tertiary/aromatic N) is 3. The Labute approximate surface area is 111 Å². The van der Waals surface area contributed by atoms with Crippen molar-refractivity contribution in [2.75, 3.05) is 0 Å². The van der Waals surface area contributed by atoms with Crippen molar-refractivity contribution in [3.63, 3.8) is 0 Å². The zero-order valence-corrected chi connectivity index (χ0v) is 11.6. The van der Waals surface area contributed by atoms with Crippen LogP contribution in [0.2, 0.25) is 0 Å². The lowest BCUT2D eigenvalue weighted by Crippen LogP contribution is -2.38. The van der Waals surface area contributed by atoms with E-state index in [-0.39, 0.29) is 23.5 Å². The number of rotatable bonds is 0. The van der Waals surface area contributed by atoms with Crippen LogP contribution in [0.3, 0.4) is 0 Å². The quantitative estimate of drug-likeness (QED) is 0.659. The smallest absolute Gasteiger partial charge is 0.246 e. The summed E-state index contributed by atoms with van der Waals surface area (Å²) in [7, 11) is 1.57. The summed E-state index contributed by atoms with van der Waals surface area (Å²) in [6, 6.07) is 0.0887. The molecule has 4 rings (SSSR count). The summed E-state index contributed by atoms with van der Waals surface area (Å²) in [6.45, 7) is 4.14. The molecule has 0 aromatic carbocycles. The molecule has 4 atom stereocenters. The highest BCUT2D eigenvalue weighted by atomic mass is 16.2. The average Bonchev–Trinajstić information content (AvgIpc) is 3.05. The van der Waals surface area contributed by atoms with Gasteiger partial charge in [-0.1, -0.05) is 0 Å². The lowest BCUT2D eigenvalue weighted by molar-refractivity contribution is 0.317. The zero-order valence-electron chi connectivity index (χ0n) is 11.6. The fourth-order valence-electron chi connectivity index (χ4n) is 4.72. The molecule has 1 saturated carbocycles. The maximum atomic E-state index is 12.3. The Kier molecular flexibility index (Phi) is 1.98. The van der Waals surface area contributed by atoms with Gasteiger partial charge in [-0.2, -0.15) is 0 Å². The number of hydrogen-bond acceptors (Lipinski definition) is 2. The van der Waals surface area contributed by atoms with Gasteiger partial charge in [0.2, 0.25) is 0 Å². The largest absolute Gasteiger partial charge is 0.347 e. The molecule has 19 heavy (non-hydrogen) atoms. The second kappa shape index (κ2) is 3.32. The normalized spacial score (nSPS) is 35.7. The molecule has 0 saturated heterocycles. The average molecular weight is 261 g/mol. The molecular formula is C14H19N3O2. The van der Waals surface area contributed by atoms with Crippen LogP contribution in [0.5, 0.6) is 0 Å². The maximum absolute atomic E-state index is 12.3. The van der Waals surface area contributed by atoms with Gasteiger partial charge in [0, 0.05) is 7.05 Å². The lowest BCUT2D eigenvalue weighted by atomic mass is 9.83. The van der Waals surface area contributed by atoms with E-state index < -0.39 is 0 Å². The first-order valence-corrected chi connectivity index (χ1v) is 7.16. The molecule has 0 unspecified atom stereocenters. The van der Waals surface area contributed by atoms with E-state index in [0.717, 1.165) is 0 Å². The number of allylic oxidation sites excluding steroid dienone is 2. The molecule has 5 nitrogen and oxygen atoms in total. The third-order valence-corrected chi connectivity index (χ3v) is 5.48. The molecule has 1 aliphatic heterocycles. The molecule has 5 heteroatoms. The Morgan fingerprint density at radius 3 is 1.74 bits per heavy atom. The van der Waals surface area contributed by atoms with Gasteiger partial charge in [-0.05, 0) is 56.1 Å². The van der Waals surface area contributed by atoms with Crippen LogP contribution in [0.1, 0.15) is 45.2 Å². The molecule has 2 aliphatic carbocycles. The molecule has 0 N–H and O–H groups in total. The lowest BCUT2D eigenvalue weighted by Gasteiger charge is -2.35. The van der Waals surface area contributed by atoms with Crippen molar-refractivity contribution in [3.05, 3.63) is 32.1 Å². The topological polar surface area (TPSA) is 48.9 Å². The fourth-order valence-corrected chi connectivity index (χ4v) is 4.72. The van der Waals surface area contributed by atoms with E-state index in [4.69, 9.17) is 0 Å². The van der Waals surface area contributed by atoms with Crippen LogP contribution in [0.25, 0.3) is 0 Å². The Balaban J connectivity index is 2.03. The summed E-state index contributed by atoms with van der Waals surface area (Å²) in [5.74, 6) is 1.29. The van der Waals surface area contributed by atoms with Crippen LogP contribution in [0.15, 0.2) is 20.7 Å². The molecule has 0 amide bonds. The minimum atomic E-state index is -0.182. The zero-order chi connectivity index (χ0) is 13.5. The predicted molar refractivity (Wildman–Crippen MR) is 71.2 cm³/mol. The third kappa shape index (κ3) is 1.12. The summed E-state index contributed by atoms with van der Waals surface area (Å²) < 4.78 is 4.58. The Bertz CT molecular complexity index is 661. The van der Waals surface area contributed by atoms with Gasteiger partial charge in [0.05, 0.1) is 12.1 Å². The molecular weight excluding hydrogens is 242 g/mol. The monoisotopic (exact) mass is 261 g/mol. The highest BCUT2D eigenvalue weighted by molar-refractivity contribution is 5.36. The number of aromatic nitrogens is 3. The van der Waals surface area contributed by atoms with E-state index in [1.807, 2.05) is 0 Å². The second-order valence-electron chi connectivity index (χ2n) is 6.28. The van der Waals surface area contributed by atoms with E-state index in [1.165, 1.54) is 35.0 Å². The first kappa shape index (κ1) is 11.3. The molecule has 3 aliphatic rings. The SMILES string of the molecule is C[C@@H]1C2=C([C@@H]3CC[C@@H]2C3)[C@H](C)n2c(=O)n(C)c(=O)n21. The van der Waals surface area contributed by atoms with Gasteiger partial charge in [0.25, 0.3) is 0 Å². The van der Waals surface area contributed by atoms with Crippen molar-refractivity contribution < 1.29 is 0 Å². The van der Waals surface area contributed by atoms with Gasteiger partial charge in [-0.15, -0.1) is 0 Å². The van der Waals surface area contributed by atoms with Crippen LogP contribution in [0.4, 0.5) is 0 Å². The van der Waals surface area contributed by atoms with Crippen molar-refractivity contribution in [3.8, 4) is 0 Å². The van der Waals surface area contributed by atoms with Crippen LogP contribution >= 0.6 is 0 Å². The van der Waals surface area contributed by atoms with Crippen molar-refractivity contribution in [2.24, 2.45) is 18.9 Å². The Morgan fingerprint density at radius 1 is 0.895 bits per heavy atom. The van der Waals surface area contributed by atoms with Gasteiger partial charge >= 0.3 is 11.4 Å². The highest BCUT2D eigenvalue weighted by Gasteiger charge is 2.47. The first-order chi connectivity index (χ1) is 9.02. The van der Waals surface area contributed by atoms with E-state index >= 15 is 0 Å². The molecule has 2 heterocycles. The molecule has 1 aromatic heterocycles. The van der Waals surface area contributed by atoms with E-state index in [9.17, 15) is 9.59 Å². The van der Waals surface area contributed by atoms with Crippen molar-refractivity contribution in [2.45, 2.75) is 45.2 Å². The van der Waals surface area contributed by atoms with E-state index in [0.29, 0.717) is 11.8 Å². The van der Waals surface area contributed by atoms with Crippen LogP contribution < -0.4 is 11.4 Å². The minimum absolute atomic E-state index is 0.0444. The van der Waals surface area contributed by atoms with Gasteiger partial charge in [-0.25, -0.2) is 23.5 Å². The fraction of sp³-hybridized carbons (Fsp3) is 0.714. The molecule has 1 aromatic rings. The summed E-state index contributed by atoms with van der Waals surface area (Å²) >= 11 is 0. The van der Waals surface area contributed by atoms with Gasteiger partial charge in [0.15, 0.2) is 0 Å². The second-order valence-corrected chi connectivity index (χ2v) is 6.28. The number of hydrogen-bond donors (Lipinski definition) is 0.